The predicted octanol–water partition coefficient (Wildman–Crippen LogP) is 1.52. The van der Waals surface area contributed by atoms with E-state index >= 15 is 0 Å². The standard InChI is InChI=1S/C12H17NO/c1-13-11(7-14)12-3-2-10-8(5-12)4-9(10)6-12/h2,7-9,11,13H,3-6H2,1H3/t8?,9?,11-,12?/m1/s1. The molecule has 2 unspecified atom stereocenters. The normalized spacial score (nSPS) is 45.4. The molecule has 3 saturated carbocycles. The van der Waals surface area contributed by atoms with Crippen molar-refractivity contribution < 1.29 is 4.79 Å². The summed E-state index contributed by atoms with van der Waals surface area (Å²) in [6.45, 7) is 0. The zero-order valence-electron chi connectivity index (χ0n) is 8.62. The lowest BCUT2D eigenvalue weighted by Gasteiger charge is -2.59. The van der Waals surface area contributed by atoms with Crippen LogP contribution in [0.4, 0.5) is 0 Å². The van der Waals surface area contributed by atoms with Gasteiger partial charge in [-0.25, -0.2) is 0 Å². The average molecular weight is 191 g/mol. The molecule has 4 bridgehead atoms. The maximum Gasteiger partial charge on any atom is 0.137 e. The van der Waals surface area contributed by atoms with Crippen LogP contribution in [-0.4, -0.2) is 19.4 Å². The predicted molar refractivity (Wildman–Crippen MR) is 54.9 cm³/mol. The molecule has 0 aromatic rings. The van der Waals surface area contributed by atoms with Gasteiger partial charge in [0.2, 0.25) is 0 Å². The minimum absolute atomic E-state index is 0.0749. The Morgan fingerprint density at radius 1 is 1.57 bits per heavy atom. The first-order valence-corrected chi connectivity index (χ1v) is 5.61. The van der Waals surface area contributed by atoms with E-state index in [-0.39, 0.29) is 11.5 Å². The summed E-state index contributed by atoms with van der Waals surface area (Å²) in [5.41, 5.74) is 1.99. The van der Waals surface area contributed by atoms with E-state index in [0.717, 1.165) is 24.5 Å². The number of nitrogens with one attached hydrogen (secondary N) is 1. The van der Waals surface area contributed by atoms with E-state index in [4.69, 9.17) is 0 Å². The molecule has 0 aromatic heterocycles. The molecule has 0 radical (unpaired) electrons. The number of rotatable bonds is 3. The molecule has 0 aromatic carbocycles. The molecule has 0 saturated heterocycles. The van der Waals surface area contributed by atoms with Crippen LogP contribution < -0.4 is 5.32 Å². The Labute approximate surface area is 84.8 Å². The van der Waals surface area contributed by atoms with E-state index in [9.17, 15) is 4.79 Å². The van der Waals surface area contributed by atoms with Crippen molar-refractivity contribution in [1.29, 1.82) is 0 Å². The van der Waals surface area contributed by atoms with Crippen LogP contribution in [0.25, 0.3) is 0 Å². The van der Waals surface area contributed by atoms with Crippen molar-refractivity contribution in [2.45, 2.75) is 31.7 Å². The Hall–Kier alpha value is -0.630. The fourth-order valence-corrected chi connectivity index (χ4v) is 3.98. The third-order valence-electron chi connectivity index (χ3n) is 4.67. The SMILES string of the molecule is CN[C@H](C=O)C12CC=C3C(CC3C1)C2. The number of aldehydes is 1. The van der Waals surface area contributed by atoms with Gasteiger partial charge in [0.15, 0.2) is 0 Å². The van der Waals surface area contributed by atoms with E-state index in [0.29, 0.717) is 0 Å². The highest BCUT2D eigenvalue weighted by Crippen LogP contribution is 2.63. The van der Waals surface area contributed by atoms with E-state index in [2.05, 4.69) is 11.4 Å². The smallest absolute Gasteiger partial charge is 0.137 e. The van der Waals surface area contributed by atoms with Crippen molar-refractivity contribution in [2.24, 2.45) is 17.3 Å². The summed E-state index contributed by atoms with van der Waals surface area (Å²) in [4.78, 5) is 11.1. The highest BCUT2D eigenvalue weighted by molar-refractivity contribution is 5.60. The van der Waals surface area contributed by atoms with Gasteiger partial charge in [-0.15, -0.1) is 0 Å². The Balaban J connectivity index is 1.92. The van der Waals surface area contributed by atoms with Crippen molar-refractivity contribution >= 4 is 6.29 Å². The van der Waals surface area contributed by atoms with E-state index in [1.165, 1.54) is 19.3 Å². The molecule has 2 nitrogen and oxygen atoms in total. The number of allylic oxidation sites excluding steroid dienone is 2. The lowest BCUT2D eigenvalue weighted by Crippen LogP contribution is -2.56. The largest absolute Gasteiger partial charge is 0.310 e. The van der Waals surface area contributed by atoms with Gasteiger partial charge in [0.25, 0.3) is 0 Å². The summed E-state index contributed by atoms with van der Waals surface area (Å²) in [5.74, 6) is 1.66. The van der Waals surface area contributed by atoms with E-state index in [1.807, 2.05) is 7.05 Å². The first-order chi connectivity index (χ1) is 6.79. The van der Waals surface area contributed by atoms with Crippen LogP contribution in [0.1, 0.15) is 25.7 Å². The van der Waals surface area contributed by atoms with Gasteiger partial charge in [-0.2, -0.15) is 0 Å². The average Bonchev–Trinajstić information content (AvgIpc) is 2.19. The van der Waals surface area contributed by atoms with Crippen LogP contribution in [0.3, 0.4) is 0 Å². The lowest BCUT2D eigenvalue weighted by molar-refractivity contribution is -0.115. The summed E-state index contributed by atoms with van der Waals surface area (Å²) in [5, 5.41) is 3.18. The Bertz CT molecular complexity index is 293. The summed E-state index contributed by atoms with van der Waals surface area (Å²) >= 11 is 0. The summed E-state index contributed by atoms with van der Waals surface area (Å²) in [6.07, 6.45) is 8.55. The van der Waals surface area contributed by atoms with Crippen molar-refractivity contribution in [1.82, 2.24) is 5.32 Å². The monoisotopic (exact) mass is 191 g/mol. The highest BCUT2D eigenvalue weighted by atomic mass is 16.1. The van der Waals surface area contributed by atoms with Gasteiger partial charge >= 0.3 is 0 Å². The molecule has 0 amide bonds. The molecule has 5 rings (SSSR count). The van der Waals surface area contributed by atoms with Crippen LogP contribution in [0.5, 0.6) is 0 Å². The zero-order chi connectivity index (χ0) is 9.76. The Kier molecular flexibility index (Phi) is 1.67. The summed E-state index contributed by atoms with van der Waals surface area (Å²) in [7, 11) is 1.91. The molecule has 0 spiro atoms. The number of fused-ring (bicyclic) bond motifs is 1. The van der Waals surface area contributed by atoms with Crippen molar-refractivity contribution in [3.8, 4) is 0 Å². The molecule has 1 N–H and O–H groups in total. The number of carbonyl (C=O) groups is 1. The molecule has 76 valence electrons. The van der Waals surface area contributed by atoms with Gasteiger partial charge in [-0.05, 0) is 50.0 Å². The highest BCUT2D eigenvalue weighted by Gasteiger charge is 2.55. The first kappa shape index (κ1) is 8.66. The minimum Gasteiger partial charge on any atom is -0.310 e. The topological polar surface area (TPSA) is 29.1 Å². The van der Waals surface area contributed by atoms with Crippen molar-refractivity contribution in [2.75, 3.05) is 7.05 Å². The molecule has 3 fully saturated rings. The molecule has 5 aliphatic rings. The molecule has 3 atom stereocenters. The number of likely N-dealkylation sites (N-methyl/N-ethyl adjacent to an activating group) is 1. The Morgan fingerprint density at radius 2 is 2.29 bits per heavy atom. The molecular formula is C12H17NO. The van der Waals surface area contributed by atoms with Gasteiger partial charge in [0.1, 0.15) is 6.29 Å². The third-order valence-corrected chi connectivity index (χ3v) is 4.67. The van der Waals surface area contributed by atoms with Crippen LogP contribution in [0.15, 0.2) is 11.6 Å². The van der Waals surface area contributed by atoms with Crippen molar-refractivity contribution in [3.63, 3.8) is 0 Å². The fourth-order valence-electron chi connectivity index (χ4n) is 3.98. The molecule has 14 heavy (non-hydrogen) atoms. The maximum atomic E-state index is 11.1. The molecule has 2 heteroatoms. The van der Waals surface area contributed by atoms with E-state index < -0.39 is 0 Å². The summed E-state index contributed by atoms with van der Waals surface area (Å²) < 4.78 is 0. The summed E-state index contributed by atoms with van der Waals surface area (Å²) in [6, 6.07) is 0.0749. The van der Waals surface area contributed by atoms with Gasteiger partial charge in [-0.3, -0.25) is 0 Å². The fraction of sp³-hybridized carbons (Fsp3) is 0.750. The number of carbonyl (C=O) groups excluding carboxylic acids is 1. The van der Waals surface area contributed by atoms with Crippen LogP contribution in [-0.2, 0) is 4.79 Å². The Morgan fingerprint density at radius 3 is 2.79 bits per heavy atom. The van der Waals surface area contributed by atoms with Gasteiger partial charge in [0.05, 0.1) is 6.04 Å². The second kappa shape index (κ2) is 2.69. The quantitative estimate of drug-likeness (QED) is 0.541. The molecule has 5 aliphatic carbocycles. The van der Waals surface area contributed by atoms with Crippen LogP contribution >= 0.6 is 0 Å². The van der Waals surface area contributed by atoms with Gasteiger partial charge in [-0.1, -0.05) is 11.6 Å². The number of hydrogen-bond donors (Lipinski definition) is 1. The van der Waals surface area contributed by atoms with Crippen molar-refractivity contribution in [3.05, 3.63) is 11.6 Å². The molecule has 0 heterocycles. The minimum atomic E-state index is 0.0749. The lowest BCUT2D eigenvalue weighted by atomic mass is 9.46. The maximum absolute atomic E-state index is 11.1. The third kappa shape index (κ3) is 0.876. The second-order valence-corrected chi connectivity index (χ2v) is 5.21. The van der Waals surface area contributed by atoms with E-state index in [1.54, 1.807) is 5.57 Å². The second-order valence-electron chi connectivity index (χ2n) is 5.21. The number of hydrogen-bond acceptors (Lipinski definition) is 2. The van der Waals surface area contributed by atoms with Gasteiger partial charge in [0, 0.05) is 0 Å². The first-order valence-electron chi connectivity index (χ1n) is 5.61. The van der Waals surface area contributed by atoms with Crippen LogP contribution in [0, 0.1) is 17.3 Å². The molecule has 0 aliphatic heterocycles. The van der Waals surface area contributed by atoms with Crippen LogP contribution in [0.2, 0.25) is 0 Å². The van der Waals surface area contributed by atoms with Gasteiger partial charge < -0.3 is 10.1 Å². The zero-order valence-corrected chi connectivity index (χ0v) is 8.62. The molecular weight excluding hydrogens is 174 g/mol.